The van der Waals surface area contributed by atoms with Crippen molar-refractivity contribution in [1.29, 1.82) is 0 Å². The van der Waals surface area contributed by atoms with E-state index in [1.165, 1.54) is 0 Å². The number of urea groups is 1. The molecular formula is C16H21N3O3. The van der Waals surface area contributed by atoms with Crippen LogP contribution in [-0.4, -0.2) is 28.8 Å². The first-order valence-electron chi connectivity index (χ1n) is 7.39. The second kappa shape index (κ2) is 8.19. The number of aliphatic hydroxyl groups is 1. The lowest BCUT2D eigenvalue weighted by molar-refractivity contribution is 0.160. The molecule has 0 aliphatic heterocycles. The predicted molar refractivity (Wildman–Crippen MR) is 83.1 cm³/mol. The fraction of sp³-hybridized carbons (Fsp3) is 0.375. The van der Waals surface area contributed by atoms with Crippen LogP contribution in [0.2, 0.25) is 0 Å². The SMILES string of the molecule is CCCC(O)CNC(=O)NCc1ncc(-c2ccccc2)o1. The van der Waals surface area contributed by atoms with Gasteiger partial charge in [0, 0.05) is 12.1 Å². The van der Waals surface area contributed by atoms with Gasteiger partial charge in [-0.15, -0.1) is 0 Å². The highest BCUT2D eigenvalue weighted by molar-refractivity contribution is 5.73. The smallest absolute Gasteiger partial charge is 0.315 e. The Balaban J connectivity index is 1.78. The van der Waals surface area contributed by atoms with Crippen LogP contribution < -0.4 is 10.6 Å². The molecule has 1 aromatic carbocycles. The first-order valence-corrected chi connectivity index (χ1v) is 7.39. The fourth-order valence-electron chi connectivity index (χ4n) is 1.99. The maximum atomic E-state index is 11.6. The zero-order valence-corrected chi connectivity index (χ0v) is 12.6. The standard InChI is InChI=1S/C16H21N3O3/c1-2-6-13(20)9-18-16(21)19-11-15-17-10-14(22-15)12-7-4-3-5-8-12/h3-5,7-8,10,13,20H,2,6,9,11H2,1H3,(H2,18,19,21). The third kappa shape index (κ3) is 4.89. The molecule has 2 rings (SSSR count). The summed E-state index contributed by atoms with van der Waals surface area (Å²) >= 11 is 0. The van der Waals surface area contributed by atoms with Crippen LogP contribution in [0.5, 0.6) is 0 Å². The number of carbonyl (C=O) groups is 1. The summed E-state index contributed by atoms with van der Waals surface area (Å²) in [4.78, 5) is 15.7. The van der Waals surface area contributed by atoms with Crippen LogP contribution in [0, 0.1) is 0 Å². The lowest BCUT2D eigenvalue weighted by Crippen LogP contribution is -2.39. The predicted octanol–water partition coefficient (Wildman–Crippen LogP) is 2.30. The van der Waals surface area contributed by atoms with Gasteiger partial charge in [0.05, 0.1) is 18.8 Å². The molecule has 0 fully saturated rings. The number of hydrogen-bond donors (Lipinski definition) is 3. The van der Waals surface area contributed by atoms with Crippen LogP contribution in [0.1, 0.15) is 25.7 Å². The topological polar surface area (TPSA) is 87.4 Å². The average molecular weight is 303 g/mol. The van der Waals surface area contributed by atoms with Gasteiger partial charge in [-0.3, -0.25) is 0 Å². The van der Waals surface area contributed by atoms with Crippen LogP contribution in [0.15, 0.2) is 40.9 Å². The summed E-state index contributed by atoms with van der Waals surface area (Å²) in [5.74, 6) is 1.10. The van der Waals surface area contributed by atoms with Crippen molar-refractivity contribution < 1.29 is 14.3 Å². The van der Waals surface area contributed by atoms with Gasteiger partial charge in [-0.1, -0.05) is 43.7 Å². The lowest BCUT2D eigenvalue weighted by Gasteiger charge is -2.10. The van der Waals surface area contributed by atoms with Gasteiger partial charge >= 0.3 is 6.03 Å². The fourth-order valence-corrected chi connectivity index (χ4v) is 1.99. The van der Waals surface area contributed by atoms with Gasteiger partial charge in [-0.25, -0.2) is 9.78 Å². The van der Waals surface area contributed by atoms with Crippen molar-refractivity contribution >= 4 is 6.03 Å². The maximum absolute atomic E-state index is 11.6. The van der Waals surface area contributed by atoms with E-state index < -0.39 is 6.10 Å². The molecule has 0 aliphatic rings. The second-order valence-corrected chi connectivity index (χ2v) is 4.99. The quantitative estimate of drug-likeness (QED) is 0.732. The molecule has 1 heterocycles. The summed E-state index contributed by atoms with van der Waals surface area (Å²) in [7, 11) is 0. The third-order valence-electron chi connectivity index (χ3n) is 3.13. The largest absolute Gasteiger partial charge is 0.439 e. The van der Waals surface area contributed by atoms with Crippen molar-refractivity contribution in [3.05, 3.63) is 42.4 Å². The molecule has 2 aromatic rings. The van der Waals surface area contributed by atoms with Gasteiger partial charge in [0.2, 0.25) is 5.89 Å². The maximum Gasteiger partial charge on any atom is 0.315 e. The molecule has 2 amide bonds. The molecule has 6 heteroatoms. The summed E-state index contributed by atoms with van der Waals surface area (Å²) in [5.41, 5.74) is 0.938. The zero-order chi connectivity index (χ0) is 15.8. The van der Waals surface area contributed by atoms with Gasteiger partial charge < -0.3 is 20.2 Å². The molecule has 3 N–H and O–H groups in total. The summed E-state index contributed by atoms with van der Waals surface area (Å²) in [6, 6.07) is 9.28. The normalized spacial score (nSPS) is 11.9. The number of amides is 2. The van der Waals surface area contributed by atoms with Crippen molar-refractivity contribution in [3.8, 4) is 11.3 Å². The molecule has 0 spiro atoms. The molecule has 1 unspecified atom stereocenters. The van der Waals surface area contributed by atoms with Crippen molar-refractivity contribution in [1.82, 2.24) is 15.6 Å². The molecule has 22 heavy (non-hydrogen) atoms. The summed E-state index contributed by atoms with van der Waals surface area (Å²) in [6.45, 7) is 2.42. The average Bonchev–Trinajstić information content (AvgIpc) is 3.01. The van der Waals surface area contributed by atoms with Crippen molar-refractivity contribution in [2.45, 2.75) is 32.4 Å². The Labute approximate surface area is 129 Å². The summed E-state index contributed by atoms with van der Waals surface area (Å²) < 4.78 is 5.58. The number of nitrogens with one attached hydrogen (secondary N) is 2. The van der Waals surface area contributed by atoms with E-state index in [1.807, 2.05) is 37.3 Å². The van der Waals surface area contributed by atoms with E-state index in [9.17, 15) is 9.90 Å². The van der Waals surface area contributed by atoms with Crippen molar-refractivity contribution in [3.63, 3.8) is 0 Å². The molecule has 0 saturated heterocycles. The van der Waals surface area contributed by atoms with E-state index in [4.69, 9.17) is 4.42 Å². The summed E-state index contributed by atoms with van der Waals surface area (Å²) in [6.07, 6.45) is 2.67. The summed E-state index contributed by atoms with van der Waals surface area (Å²) in [5, 5.41) is 14.8. The van der Waals surface area contributed by atoms with E-state index in [1.54, 1.807) is 6.20 Å². The van der Waals surface area contributed by atoms with Gasteiger partial charge in [-0.05, 0) is 6.42 Å². The first-order chi connectivity index (χ1) is 10.7. The zero-order valence-electron chi connectivity index (χ0n) is 12.6. The molecule has 118 valence electrons. The van der Waals surface area contributed by atoms with Crippen LogP contribution in [-0.2, 0) is 6.54 Å². The minimum atomic E-state index is -0.512. The second-order valence-electron chi connectivity index (χ2n) is 4.99. The highest BCUT2D eigenvalue weighted by Gasteiger charge is 2.09. The van der Waals surface area contributed by atoms with Gasteiger partial charge in [0.25, 0.3) is 0 Å². The first kappa shape index (κ1) is 16.0. The van der Waals surface area contributed by atoms with Gasteiger partial charge in [0.15, 0.2) is 5.76 Å². The molecule has 6 nitrogen and oxygen atoms in total. The number of nitrogens with zero attached hydrogens (tertiary/aromatic N) is 1. The van der Waals surface area contributed by atoms with Crippen molar-refractivity contribution in [2.75, 3.05) is 6.54 Å². The number of oxazole rings is 1. The number of rotatable bonds is 7. The van der Waals surface area contributed by atoms with E-state index in [0.29, 0.717) is 18.1 Å². The van der Waals surface area contributed by atoms with Gasteiger partial charge in [-0.2, -0.15) is 0 Å². The van der Waals surface area contributed by atoms with E-state index in [-0.39, 0.29) is 19.1 Å². The van der Waals surface area contributed by atoms with E-state index in [0.717, 1.165) is 12.0 Å². The Kier molecular flexibility index (Phi) is 5.97. The Bertz CT molecular complexity index is 583. The Morgan fingerprint density at radius 1 is 1.32 bits per heavy atom. The van der Waals surface area contributed by atoms with E-state index >= 15 is 0 Å². The molecule has 0 bridgehead atoms. The molecule has 1 aromatic heterocycles. The minimum Gasteiger partial charge on any atom is -0.439 e. The van der Waals surface area contributed by atoms with Gasteiger partial charge in [0.1, 0.15) is 0 Å². The molecule has 0 saturated carbocycles. The molecule has 0 aliphatic carbocycles. The molecule has 1 atom stereocenters. The minimum absolute atomic E-state index is 0.197. The molecular weight excluding hydrogens is 282 g/mol. The Morgan fingerprint density at radius 3 is 2.82 bits per heavy atom. The number of hydrogen-bond acceptors (Lipinski definition) is 4. The van der Waals surface area contributed by atoms with Crippen LogP contribution in [0.3, 0.4) is 0 Å². The number of aromatic nitrogens is 1. The highest BCUT2D eigenvalue weighted by Crippen LogP contribution is 2.19. The van der Waals surface area contributed by atoms with Crippen LogP contribution >= 0.6 is 0 Å². The monoisotopic (exact) mass is 303 g/mol. The number of aliphatic hydroxyl groups excluding tert-OH is 1. The third-order valence-corrected chi connectivity index (χ3v) is 3.13. The lowest BCUT2D eigenvalue weighted by atomic mass is 10.2. The number of carbonyl (C=O) groups excluding carboxylic acids is 1. The molecule has 0 radical (unpaired) electrons. The Hall–Kier alpha value is -2.34. The highest BCUT2D eigenvalue weighted by atomic mass is 16.4. The van der Waals surface area contributed by atoms with Crippen LogP contribution in [0.25, 0.3) is 11.3 Å². The van der Waals surface area contributed by atoms with E-state index in [2.05, 4.69) is 15.6 Å². The van der Waals surface area contributed by atoms with Crippen LogP contribution in [0.4, 0.5) is 4.79 Å². The Morgan fingerprint density at radius 2 is 2.09 bits per heavy atom. The number of benzene rings is 1. The van der Waals surface area contributed by atoms with Crippen molar-refractivity contribution in [2.24, 2.45) is 0 Å².